The van der Waals surface area contributed by atoms with Crippen LogP contribution in [0.15, 0.2) is 4.52 Å². The van der Waals surface area contributed by atoms with Gasteiger partial charge in [0.15, 0.2) is 0 Å². The Bertz CT molecular complexity index is 417. The normalized spacial score (nSPS) is 19.1. The number of nitrogens with zero attached hydrogens (tertiary/aromatic N) is 2. The second-order valence-electron chi connectivity index (χ2n) is 4.66. The Kier molecular flexibility index (Phi) is 6.10. The van der Waals surface area contributed by atoms with Gasteiger partial charge < -0.3 is 14.7 Å². The van der Waals surface area contributed by atoms with Gasteiger partial charge in [-0.3, -0.25) is 4.79 Å². The smallest absolute Gasteiger partial charge is 0.229 e. The van der Waals surface area contributed by atoms with Gasteiger partial charge in [0.1, 0.15) is 0 Å². The average Bonchev–Trinajstić information content (AvgIpc) is 2.67. The Balaban J connectivity index is 0.00000180. The SMILES string of the molecule is Cc1noc(Cl)c1CCC(=O)N1CCNCC1C.Cl. The van der Waals surface area contributed by atoms with Crippen LogP contribution in [0.25, 0.3) is 0 Å². The first-order chi connectivity index (χ1) is 8.59. The number of piperazine rings is 1. The van der Waals surface area contributed by atoms with E-state index >= 15 is 0 Å². The highest BCUT2D eigenvalue weighted by atomic mass is 35.5. The molecule has 2 rings (SSSR count). The predicted molar refractivity (Wildman–Crippen MR) is 75.9 cm³/mol. The summed E-state index contributed by atoms with van der Waals surface area (Å²) in [6.07, 6.45) is 1.04. The van der Waals surface area contributed by atoms with E-state index in [4.69, 9.17) is 16.1 Å². The second kappa shape index (κ2) is 7.12. The molecule has 1 aliphatic heterocycles. The molecule has 0 saturated carbocycles. The van der Waals surface area contributed by atoms with Crippen molar-refractivity contribution in [3.8, 4) is 0 Å². The topological polar surface area (TPSA) is 58.4 Å². The molecule has 1 aliphatic rings. The molecule has 1 unspecified atom stereocenters. The molecule has 0 aliphatic carbocycles. The fraction of sp³-hybridized carbons (Fsp3) is 0.667. The first-order valence-electron chi connectivity index (χ1n) is 6.20. The lowest BCUT2D eigenvalue weighted by molar-refractivity contribution is -0.133. The van der Waals surface area contributed by atoms with E-state index in [1.54, 1.807) is 0 Å². The highest BCUT2D eigenvalue weighted by Crippen LogP contribution is 2.21. The molecule has 5 nitrogen and oxygen atoms in total. The molecule has 1 saturated heterocycles. The Morgan fingerprint density at radius 3 is 2.95 bits per heavy atom. The Labute approximate surface area is 124 Å². The van der Waals surface area contributed by atoms with Crippen molar-refractivity contribution in [1.82, 2.24) is 15.4 Å². The van der Waals surface area contributed by atoms with Crippen molar-refractivity contribution in [2.24, 2.45) is 0 Å². The molecule has 1 aromatic heterocycles. The quantitative estimate of drug-likeness (QED) is 0.925. The third kappa shape index (κ3) is 3.84. The fourth-order valence-electron chi connectivity index (χ4n) is 2.23. The van der Waals surface area contributed by atoms with E-state index in [-0.39, 0.29) is 24.4 Å². The van der Waals surface area contributed by atoms with Gasteiger partial charge >= 0.3 is 0 Å². The highest BCUT2D eigenvalue weighted by molar-refractivity contribution is 6.29. The van der Waals surface area contributed by atoms with Crippen LogP contribution in [0, 0.1) is 6.92 Å². The summed E-state index contributed by atoms with van der Waals surface area (Å²) >= 11 is 5.88. The van der Waals surface area contributed by atoms with Crippen molar-refractivity contribution in [2.75, 3.05) is 19.6 Å². The standard InChI is InChI=1S/C12H18ClN3O2.ClH/c1-8-7-14-5-6-16(8)11(17)4-3-10-9(2)15-18-12(10)13;/h8,14H,3-7H2,1-2H3;1H. The first kappa shape index (κ1) is 16.3. The van der Waals surface area contributed by atoms with E-state index in [9.17, 15) is 4.79 Å². The van der Waals surface area contributed by atoms with Crippen molar-refractivity contribution in [2.45, 2.75) is 32.7 Å². The van der Waals surface area contributed by atoms with Crippen LogP contribution in [-0.4, -0.2) is 41.6 Å². The van der Waals surface area contributed by atoms with Crippen molar-refractivity contribution in [1.29, 1.82) is 0 Å². The number of carbonyl (C=O) groups excluding carboxylic acids is 1. The monoisotopic (exact) mass is 307 g/mol. The minimum atomic E-state index is 0. The Hall–Kier alpha value is -0.780. The van der Waals surface area contributed by atoms with Gasteiger partial charge in [-0.15, -0.1) is 12.4 Å². The lowest BCUT2D eigenvalue weighted by Gasteiger charge is -2.34. The van der Waals surface area contributed by atoms with Gasteiger partial charge in [-0.25, -0.2) is 0 Å². The van der Waals surface area contributed by atoms with E-state index in [2.05, 4.69) is 17.4 Å². The third-order valence-electron chi connectivity index (χ3n) is 3.35. The highest BCUT2D eigenvalue weighted by Gasteiger charge is 2.23. The third-order valence-corrected chi connectivity index (χ3v) is 3.64. The number of amides is 1. The van der Waals surface area contributed by atoms with Gasteiger partial charge in [-0.2, -0.15) is 0 Å². The predicted octanol–water partition coefficient (Wildman–Crippen LogP) is 1.81. The van der Waals surface area contributed by atoms with Crippen LogP contribution in [-0.2, 0) is 11.2 Å². The van der Waals surface area contributed by atoms with Crippen molar-refractivity contribution < 1.29 is 9.32 Å². The summed E-state index contributed by atoms with van der Waals surface area (Å²) < 4.78 is 4.87. The van der Waals surface area contributed by atoms with Crippen molar-refractivity contribution >= 4 is 29.9 Å². The van der Waals surface area contributed by atoms with Crippen molar-refractivity contribution in [3.05, 3.63) is 16.5 Å². The zero-order chi connectivity index (χ0) is 13.1. The molecular formula is C12H19Cl2N3O2. The van der Waals surface area contributed by atoms with Crippen LogP contribution in [0.5, 0.6) is 0 Å². The number of aryl methyl sites for hydroxylation is 1. The second-order valence-corrected chi connectivity index (χ2v) is 5.00. The molecule has 1 amide bonds. The molecule has 0 spiro atoms. The number of carbonyl (C=O) groups is 1. The summed E-state index contributed by atoms with van der Waals surface area (Å²) in [7, 11) is 0. The summed E-state index contributed by atoms with van der Waals surface area (Å²) in [5.74, 6) is 0.167. The van der Waals surface area contributed by atoms with E-state index < -0.39 is 0 Å². The van der Waals surface area contributed by atoms with E-state index in [1.807, 2.05) is 11.8 Å². The molecule has 19 heavy (non-hydrogen) atoms. The number of halogens is 2. The van der Waals surface area contributed by atoms with Crippen LogP contribution in [0.4, 0.5) is 0 Å². The van der Waals surface area contributed by atoms with Gasteiger partial charge in [0.2, 0.25) is 11.1 Å². The molecule has 7 heteroatoms. The fourth-order valence-corrected chi connectivity index (χ4v) is 2.49. The van der Waals surface area contributed by atoms with Crippen LogP contribution in [0.1, 0.15) is 24.6 Å². The summed E-state index contributed by atoms with van der Waals surface area (Å²) in [6.45, 7) is 6.39. The Morgan fingerprint density at radius 2 is 2.37 bits per heavy atom. The molecule has 0 radical (unpaired) electrons. The van der Waals surface area contributed by atoms with Crippen LogP contribution in [0.3, 0.4) is 0 Å². The lowest BCUT2D eigenvalue weighted by atomic mass is 10.1. The van der Waals surface area contributed by atoms with E-state index in [0.717, 1.165) is 30.9 Å². The van der Waals surface area contributed by atoms with Crippen LogP contribution >= 0.6 is 24.0 Å². The Morgan fingerprint density at radius 1 is 1.63 bits per heavy atom. The number of aromatic nitrogens is 1. The largest absolute Gasteiger partial charge is 0.344 e. The number of hydrogen-bond acceptors (Lipinski definition) is 4. The molecule has 1 N–H and O–H groups in total. The van der Waals surface area contributed by atoms with E-state index in [0.29, 0.717) is 18.1 Å². The van der Waals surface area contributed by atoms with Crippen LogP contribution < -0.4 is 5.32 Å². The lowest BCUT2D eigenvalue weighted by Crippen LogP contribution is -2.52. The molecule has 0 aromatic carbocycles. The molecule has 1 fully saturated rings. The molecule has 0 bridgehead atoms. The van der Waals surface area contributed by atoms with Gasteiger partial charge in [0.05, 0.1) is 5.69 Å². The first-order valence-corrected chi connectivity index (χ1v) is 6.58. The molecule has 2 heterocycles. The molecule has 108 valence electrons. The van der Waals surface area contributed by atoms with Crippen LogP contribution in [0.2, 0.25) is 5.22 Å². The maximum atomic E-state index is 12.1. The van der Waals surface area contributed by atoms with E-state index in [1.165, 1.54) is 0 Å². The van der Waals surface area contributed by atoms with Crippen molar-refractivity contribution in [3.63, 3.8) is 0 Å². The molecule has 1 atom stereocenters. The zero-order valence-corrected chi connectivity index (χ0v) is 12.7. The minimum Gasteiger partial charge on any atom is -0.344 e. The molecular weight excluding hydrogens is 289 g/mol. The summed E-state index contributed by atoms with van der Waals surface area (Å²) in [5, 5.41) is 7.35. The average molecular weight is 308 g/mol. The zero-order valence-electron chi connectivity index (χ0n) is 11.1. The maximum absolute atomic E-state index is 12.1. The summed E-state index contributed by atoms with van der Waals surface area (Å²) in [4.78, 5) is 14.1. The van der Waals surface area contributed by atoms with Gasteiger partial charge in [0.25, 0.3) is 0 Å². The number of hydrogen-bond donors (Lipinski definition) is 1. The van der Waals surface area contributed by atoms with Gasteiger partial charge in [0, 0.05) is 37.7 Å². The summed E-state index contributed by atoms with van der Waals surface area (Å²) in [6, 6.07) is 0.255. The minimum absolute atomic E-state index is 0. The van der Waals surface area contributed by atoms with Gasteiger partial charge in [-0.1, -0.05) is 5.16 Å². The van der Waals surface area contributed by atoms with Gasteiger partial charge in [-0.05, 0) is 31.9 Å². The molecule has 1 aromatic rings. The number of rotatable bonds is 3. The number of nitrogens with one attached hydrogen (secondary N) is 1. The maximum Gasteiger partial charge on any atom is 0.229 e. The summed E-state index contributed by atoms with van der Waals surface area (Å²) in [5.41, 5.74) is 1.61.